The minimum absolute atomic E-state index is 0.110. The van der Waals surface area contributed by atoms with Crippen LogP contribution in [0, 0.1) is 0 Å². The van der Waals surface area contributed by atoms with Crippen LogP contribution in [0.1, 0.15) is 25.8 Å². The van der Waals surface area contributed by atoms with E-state index in [1.54, 1.807) is 11.9 Å². The second kappa shape index (κ2) is 8.02. The molecular formula is C15H21BrN2O3. The second-order valence-corrected chi connectivity index (χ2v) is 5.96. The average Bonchev–Trinajstić information content (AvgIpc) is 2.45. The molecule has 21 heavy (non-hydrogen) atoms. The van der Waals surface area contributed by atoms with Crippen LogP contribution < -0.4 is 0 Å². The molecule has 1 unspecified atom stereocenters. The Balaban J connectivity index is 2.77. The number of rotatable bonds is 6. The minimum atomic E-state index is -0.999. The summed E-state index contributed by atoms with van der Waals surface area (Å²) < 4.78 is 0.979. The van der Waals surface area contributed by atoms with E-state index < -0.39 is 5.97 Å². The highest BCUT2D eigenvalue weighted by molar-refractivity contribution is 9.10. The van der Waals surface area contributed by atoms with E-state index in [4.69, 9.17) is 5.11 Å². The first-order valence-corrected chi connectivity index (χ1v) is 7.62. The van der Waals surface area contributed by atoms with E-state index in [1.165, 1.54) is 4.90 Å². The van der Waals surface area contributed by atoms with Gasteiger partial charge in [-0.2, -0.15) is 0 Å². The fraction of sp³-hybridized carbons (Fsp3) is 0.467. The number of halogens is 1. The van der Waals surface area contributed by atoms with Gasteiger partial charge in [0.05, 0.1) is 0 Å². The summed E-state index contributed by atoms with van der Waals surface area (Å²) in [5.41, 5.74) is 0.994. The molecule has 0 bridgehead atoms. The van der Waals surface area contributed by atoms with Crippen molar-refractivity contribution in [2.24, 2.45) is 0 Å². The predicted octanol–water partition coefficient (Wildman–Crippen LogP) is 3.19. The van der Waals surface area contributed by atoms with Crippen LogP contribution in [-0.4, -0.2) is 46.5 Å². The average molecular weight is 357 g/mol. The van der Waals surface area contributed by atoms with Gasteiger partial charge in [0, 0.05) is 24.1 Å². The fourth-order valence-electron chi connectivity index (χ4n) is 1.93. The first kappa shape index (κ1) is 17.5. The Hall–Kier alpha value is -1.56. The molecule has 0 radical (unpaired) electrons. The molecule has 1 N–H and O–H groups in total. The van der Waals surface area contributed by atoms with Crippen molar-refractivity contribution < 1.29 is 14.7 Å². The number of carbonyl (C=O) groups excluding carboxylic acids is 1. The van der Waals surface area contributed by atoms with Crippen molar-refractivity contribution in [1.82, 2.24) is 9.80 Å². The van der Waals surface area contributed by atoms with E-state index in [2.05, 4.69) is 15.9 Å². The van der Waals surface area contributed by atoms with Crippen molar-refractivity contribution in [3.05, 3.63) is 34.3 Å². The van der Waals surface area contributed by atoms with Gasteiger partial charge in [-0.25, -0.2) is 4.79 Å². The SMILES string of the molecule is CCC(C)N(CC(=O)O)C(=O)N(C)Cc1ccc(Br)cc1. The summed E-state index contributed by atoms with van der Waals surface area (Å²) in [6, 6.07) is 7.31. The summed E-state index contributed by atoms with van der Waals surface area (Å²) in [4.78, 5) is 26.3. The minimum Gasteiger partial charge on any atom is -0.480 e. The van der Waals surface area contributed by atoms with E-state index in [-0.39, 0.29) is 18.6 Å². The number of carboxylic acids is 1. The summed E-state index contributed by atoms with van der Waals surface area (Å²) in [6.07, 6.45) is 0.713. The van der Waals surface area contributed by atoms with Crippen LogP contribution in [0.2, 0.25) is 0 Å². The van der Waals surface area contributed by atoms with Crippen LogP contribution in [0.25, 0.3) is 0 Å². The Kier molecular flexibility index (Phi) is 6.68. The predicted molar refractivity (Wildman–Crippen MR) is 85.1 cm³/mol. The third-order valence-corrected chi connectivity index (χ3v) is 3.86. The topological polar surface area (TPSA) is 60.9 Å². The number of benzene rings is 1. The third-order valence-electron chi connectivity index (χ3n) is 3.33. The van der Waals surface area contributed by atoms with Crippen LogP contribution >= 0.6 is 15.9 Å². The first-order chi connectivity index (χ1) is 9.85. The van der Waals surface area contributed by atoms with Crippen molar-refractivity contribution in [2.75, 3.05) is 13.6 Å². The lowest BCUT2D eigenvalue weighted by atomic mass is 10.2. The maximum absolute atomic E-state index is 12.4. The Morgan fingerprint density at radius 2 is 1.86 bits per heavy atom. The monoisotopic (exact) mass is 356 g/mol. The number of hydrogen-bond donors (Lipinski definition) is 1. The molecule has 0 saturated carbocycles. The molecular weight excluding hydrogens is 336 g/mol. The quantitative estimate of drug-likeness (QED) is 0.851. The normalized spacial score (nSPS) is 11.8. The van der Waals surface area contributed by atoms with Crippen molar-refractivity contribution >= 4 is 27.9 Å². The highest BCUT2D eigenvalue weighted by Gasteiger charge is 2.24. The molecule has 1 aromatic rings. The molecule has 0 fully saturated rings. The number of carbonyl (C=O) groups is 2. The molecule has 0 spiro atoms. The van der Waals surface area contributed by atoms with Crippen molar-refractivity contribution in [2.45, 2.75) is 32.9 Å². The van der Waals surface area contributed by atoms with Gasteiger partial charge in [-0.05, 0) is 31.0 Å². The van der Waals surface area contributed by atoms with Gasteiger partial charge in [-0.1, -0.05) is 35.0 Å². The number of hydrogen-bond acceptors (Lipinski definition) is 2. The Bertz CT molecular complexity index is 490. The summed E-state index contributed by atoms with van der Waals surface area (Å²) in [7, 11) is 1.68. The molecule has 5 nitrogen and oxygen atoms in total. The first-order valence-electron chi connectivity index (χ1n) is 6.83. The van der Waals surface area contributed by atoms with Crippen LogP contribution in [0.3, 0.4) is 0 Å². The third kappa shape index (κ3) is 5.38. The fourth-order valence-corrected chi connectivity index (χ4v) is 2.19. The summed E-state index contributed by atoms with van der Waals surface area (Å²) in [5.74, 6) is -0.999. The van der Waals surface area contributed by atoms with Gasteiger partial charge in [0.2, 0.25) is 0 Å². The largest absolute Gasteiger partial charge is 0.480 e. The molecule has 1 rings (SSSR count). The van der Waals surface area contributed by atoms with Crippen LogP contribution in [-0.2, 0) is 11.3 Å². The van der Waals surface area contributed by atoms with Gasteiger partial charge >= 0.3 is 12.0 Å². The summed E-state index contributed by atoms with van der Waals surface area (Å²) >= 11 is 3.37. The van der Waals surface area contributed by atoms with Gasteiger partial charge in [0.15, 0.2) is 0 Å². The van der Waals surface area contributed by atoms with E-state index >= 15 is 0 Å². The highest BCUT2D eigenvalue weighted by atomic mass is 79.9. The van der Waals surface area contributed by atoms with E-state index in [1.807, 2.05) is 38.1 Å². The maximum atomic E-state index is 12.4. The number of urea groups is 1. The molecule has 2 amide bonds. The van der Waals surface area contributed by atoms with Crippen molar-refractivity contribution in [3.63, 3.8) is 0 Å². The van der Waals surface area contributed by atoms with E-state index in [0.29, 0.717) is 13.0 Å². The Labute approximate surface area is 133 Å². The molecule has 0 aromatic heterocycles. The standard InChI is InChI=1S/C15H21BrN2O3/c1-4-11(2)18(10-14(19)20)15(21)17(3)9-12-5-7-13(16)8-6-12/h5-8,11H,4,9-10H2,1-3H3,(H,19,20). The van der Waals surface area contributed by atoms with Gasteiger partial charge in [-0.3, -0.25) is 4.79 Å². The lowest BCUT2D eigenvalue weighted by molar-refractivity contribution is -0.138. The maximum Gasteiger partial charge on any atom is 0.323 e. The molecule has 1 atom stereocenters. The zero-order valence-electron chi connectivity index (χ0n) is 12.5. The van der Waals surface area contributed by atoms with Gasteiger partial charge in [-0.15, -0.1) is 0 Å². The highest BCUT2D eigenvalue weighted by Crippen LogP contribution is 2.13. The molecule has 0 aliphatic rings. The molecule has 1 aromatic carbocycles. The number of nitrogens with zero attached hydrogens (tertiary/aromatic N) is 2. The molecule has 116 valence electrons. The summed E-state index contributed by atoms with van der Waals surface area (Å²) in [6.45, 7) is 3.95. The molecule has 0 aliphatic carbocycles. The Morgan fingerprint density at radius 3 is 2.33 bits per heavy atom. The van der Waals surface area contributed by atoms with Gasteiger partial charge in [0.1, 0.15) is 6.54 Å². The number of aliphatic carboxylic acids is 1. The van der Waals surface area contributed by atoms with Gasteiger partial charge in [0.25, 0.3) is 0 Å². The van der Waals surface area contributed by atoms with Crippen molar-refractivity contribution in [1.29, 1.82) is 0 Å². The molecule has 0 heterocycles. The van der Waals surface area contributed by atoms with E-state index in [9.17, 15) is 9.59 Å². The lowest BCUT2D eigenvalue weighted by Crippen LogP contribution is -2.47. The van der Waals surface area contributed by atoms with Crippen molar-refractivity contribution in [3.8, 4) is 0 Å². The van der Waals surface area contributed by atoms with Crippen LogP contribution in [0.5, 0.6) is 0 Å². The zero-order valence-corrected chi connectivity index (χ0v) is 14.1. The second-order valence-electron chi connectivity index (χ2n) is 5.04. The van der Waals surface area contributed by atoms with E-state index in [0.717, 1.165) is 10.0 Å². The van der Waals surface area contributed by atoms with Crippen LogP contribution in [0.4, 0.5) is 4.79 Å². The van der Waals surface area contributed by atoms with Gasteiger partial charge < -0.3 is 14.9 Å². The smallest absolute Gasteiger partial charge is 0.323 e. The van der Waals surface area contributed by atoms with Crippen LogP contribution in [0.15, 0.2) is 28.7 Å². The Morgan fingerprint density at radius 1 is 1.29 bits per heavy atom. The number of carboxylic acid groups (broad SMARTS) is 1. The lowest BCUT2D eigenvalue weighted by Gasteiger charge is -2.31. The molecule has 6 heteroatoms. The number of amides is 2. The summed E-state index contributed by atoms with van der Waals surface area (Å²) in [5, 5.41) is 8.96. The molecule has 0 aliphatic heterocycles. The molecule has 0 saturated heterocycles. The zero-order chi connectivity index (χ0) is 16.0.